The summed E-state index contributed by atoms with van der Waals surface area (Å²) in [5, 5.41) is 3.94. The highest BCUT2D eigenvalue weighted by molar-refractivity contribution is 6.30. The normalized spacial score (nSPS) is 14.8. The quantitative estimate of drug-likeness (QED) is 0.851. The van der Waals surface area contributed by atoms with Gasteiger partial charge in [0.1, 0.15) is 11.5 Å². The van der Waals surface area contributed by atoms with Crippen molar-refractivity contribution in [2.45, 2.75) is 31.7 Å². The van der Waals surface area contributed by atoms with Crippen molar-refractivity contribution in [1.29, 1.82) is 0 Å². The van der Waals surface area contributed by atoms with Crippen molar-refractivity contribution >= 4 is 41.6 Å². The molecule has 24 heavy (non-hydrogen) atoms. The van der Waals surface area contributed by atoms with E-state index in [9.17, 15) is 4.79 Å². The summed E-state index contributed by atoms with van der Waals surface area (Å²) < 4.78 is 5.81. The zero-order valence-electron chi connectivity index (χ0n) is 12.9. The third-order valence-corrected chi connectivity index (χ3v) is 3.95. The van der Waals surface area contributed by atoms with Crippen molar-refractivity contribution in [1.82, 2.24) is 9.97 Å². The number of nitrogens with two attached hydrogens (primary N) is 1. The molecule has 0 spiro atoms. The Morgan fingerprint density at radius 3 is 2.54 bits per heavy atom. The van der Waals surface area contributed by atoms with Gasteiger partial charge in [-0.3, -0.25) is 4.79 Å². The molecule has 1 aromatic carbocycles. The number of ketones is 1. The second-order valence-corrected chi connectivity index (χ2v) is 5.89. The summed E-state index contributed by atoms with van der Waals surface area (Å²) in [6.07, 6.45) is 4.27. The maximum absolute atomic E-state index is 11.3. The van der Waals surface area contributed by atoms with E-state index >= 15 is 0 Å². The fourth-order valence-corrected chi connectivity index (χ4v) is 2.60. The van der Waals surface area contributed by atoms with E-state index in [1.165, 1.54) is 6.20 Å². The van der Waals surface area contributed by atoms with E-state index in [-0.39, 0.29) is 24.4 Å². The predicted molar refractivity (Wildman–Crippen MR) is 96.1 cm³/mol. The highest BCUT2D eigenvalue weighted by atomic mass is 35.5. The second-order valence-electron chi connectivity index (χ2n) is 5.45. The number of nitrogens with one attached hydrogen (secondary N) is 1. The topological polar surface area (TPSA) is 90.1 Å². The molecule has 6 nitrogen and oxygen atoms in total. The molecule has 0 saturated heterocycles. The average molecular weight is 369 g/mol. The zero-order valence-corrected chi connectivity index (χ0v) is 14.4. The number of carbonyl (C=O) groups is 1. The Bertz CT molecular complexity index is 700. The third kappa shape index (κ3) is 4.72. The molecule has 3 rings (SSSR count). The van der Waals surface area contributed by atoms with Crippen LogP contribution in [0.5, 0.6) is 11.5 Å². The Morgan fingerprint density at radius 2 is 1.88 bits per heavy atom. The molecule has 0 amide bonds. The Labute approximate surface area is 151 Å². The molecular formula is C16H18Cl2N4O2. The molecule has 0 bridgehead atoms. The van der Waals surface area contributed by atoms with Crippen molar-refractivity contribution in [2.24, 2.45) is 0 Å². The standard InChI is InChI=1S/C16H17ClN4O2.ClH/c17-10-1-7-13(8-2-10)23-14-9-19-16(18)21-15(14)20-11-3-5-12(22)6-4-11;/h1-2,7-9,11H,3-6H2,(H3,18,19,20,21);1H. The minimum absolute atomic E-state index is 0. The summed E-state index contributed by atoms with van der Waals surface area (Å²) in [5.74, 6) is 2.13. The highest BCUT2D eigenvalue weighted by Gasteiger charge is 2.20. The number of carbonyl (C=O) groups excluding carboxylic acids is 1. The number of rotatable bonds is 4. The first-order valence-corrected chi connectivity index (χ1v) is 7.82. The summed E-state index contributed by atoms with van der Waals surface area (Å²) in [5.41, 5.74) is 5.68. The van der Waals surface area contributed by atoms with E-state index in [0.29, 0.717) is 41.0 Å². The zero-order chi connectivity index (χ0) is 16.2. The first-order valence-electron chi connectivity index (χ1n) is 7.44. The van der Waals surface area contributed by atoms with E-state index in [4.69, 9.17) is 22.1 Å². The number of ether oxygens (including phenoxy) is 1. The summed E-state index contributed by atoms with van der Waals surface area (Å²) in [6, 6.07) is 7.20. The summed E-state index contributed by atoms with van der Waals surface area (Å²) in [7, 11) is 0. The van der Waals surface area contributed by atoms with Crippen molar-refractivity contribution in [3.8, 4) is 11.5 Å². The number of halogens is 2. The molecule has 1 heterocycles. The van der Waals surface area contributed by atoms with E-state index in [2.05, 4.69) is 15.3 Å². The number of hydrogen-bond acceptors (Lipinski definition) is 6. The number of nitrogens with zero attached hydrogens (tertiary/aromatic N) is 2. The molecule has 1 aliphatic rings. The average Bonchev–Trinajstić information content (AvgIpc) is 2.54. The lowest BCUT2D eigenvalue weighted by atomic mass is 9.94. The second kappa shape index (κ2) is 8.17. The maximum Gasteiger partial charge on any atom is 0.222 e. The van der Waals surface area contributed by atoms with Crippen LogP contribution in [0.1, 0.15) is 25.7 Å². The number of aromatic nitrogens is 2. The molecule has 1 saturated carbocycles. The van der Waals surface area contributed by atoms with Crippen LogP contribution in [-0.4, -0.2) is 21.8 Å². The third-order valence-electron chi connectivity index (χ3n) is 3.70. The predicted octanol–water partition coefficient (Wildman–Crippen LogP) is 3.85. The van der Waals surface area contributed by atoms with Crippen LogP contribution < -0.4 is 15.8 Å². The van der Waals surface area contributed by atoms with Crippen LogP contribution in [0.2, 0.25) is 5.02 Å². The largest absolute Gasteiger partial charge is 0.452 e. The SMILES string of the molecule is Cl.Nc1ncc(Oc2ccc(Cl)cc2)c(NC2CCC(=O)CC2)n1. The lowest BCUT2D eigenvalue weighted by Gasteiger charge is -2.23. The van der Waals surface area contributed by atoms with Crippen molar-refractivity contribution in [3.63, 3.8) is 0 Å². The minimum Gasteiger partial charge on any atom is -0.452 e. The van der Waals surface area contributed by atoms with E-state index < -0.39 is 0 Å². The van der Waals surface area contributed by atoms with Crippen molar-refractivity contribution in [2.75, 3.05) is 11.1 Å². The number of anilines is 2. The molecule has 3 N–H and O–H groups in total. The number of nitrogen functional groups attached to an aromatic ring is 1. The number of hydrogen-bond donors (Lipinski definition) is 2. The van der Waals surface area contributed by atoms with Gasteiger partial charge in [0.05, 0.1) is 6.20 Å². The molecule has 0 radical (unpaired) electrons. The maximum atomic E-state index is 11.3. The van der Waals surface area contributed by atoms with Gasteiger partial charge in [-0.15, -0.1) is 12.4 Å². The van der Waals surface area contributed by atoms with Gasteiger partial charge >= 0.3 is 0 Å². The van der Waals surface area contributed by atoms with Crippen LogP contribution in [0.4, 0.5) is 11.8 Å². The first-order chi connectivity index (χ1) is 11.1. The van der Waals surface area contributed by atoms with Gasteiger partial charge in [-0.2, -0.15) is 4.98 Å². The first kappa shape index (κ1) is 18.3. The van der Waals surface area contributed by atoms with Crippen molar-refractivity contribution in [3.05, 3.63) is 35.5 Å². The van der Waals surface area contributed by atoms with Gasteiger partial charge in [-0.1, -0.05) is 11.6 Å². The Kier molecular flexibility index (Phi) is 6.23. The molecule has 1 aromatic heterocycles. The van der Waals surface area contributed by atoms with Crippen LogP contribution in [0, 0.1) is 0 Å². The molecule has 0 atom stereocenters. The van der Waals surface area contributed by atoms with Gasteiger partial charge in [0.25, 0.3) is 0 Å². The van der Waals surface area contributed by atoms with Crippen LogP contribution >= 0.6 is 24.0 Å². The molecule has 8 heteroatoms. The Balaban J connectivity index is 0.00000208. The molecule has 1 fully saturated rings. The Hall–Kier alpha value is -2.05. The molecule has 128 valence electrons. The summed E-state index contributed by atoms with van der Waals surface area (Å²) >= 11 is 5.87. The number of Topliss-reactive ketones (excluding diaryl/α,β-unsaturated/α-hetero) is 1. The van der Waals surface area contributed by atoms with E-state index in [0.717, 1.165) is 12.8 Å². The van der Waals surface area contributed by atoms with Crippen LogP contribution in [0.25, 0.3) is 0 Å². The molecular weight excluding hydrogens is 351 g/mol. The van der Waals surface area contributed by atoms with Gasteiger partial charge in [0.15, 0.2) is 11.6 Å². The number of benzene rings is 1. The van der Waals surface area contributed by atoms with Gasteiger partial charge in [-0.25, -0.2) is 4.98 Å². The van der Waals surface area contributed by atoms with Crippen LogP contribution in [-0.2, 0) is 4.79 Å². The van der Waals surface area contributed by atoms with E-state index in [1.807, 2.05) is 0 Å². The summed E-state index contributed by atoms with van der Waals surface area (Å²) in [4.78, 5) is 19.5. The lowest BCUT2D eigenvalue weighted by molar-refractivity contribution is -0.120. The van der Waals surface area contributed by atoms with Crippen LogP contribution in [0.3, 0.4) is 0 Å². The van der Waals surface area contributed by atoms with Gasteiger partial charge in [0.2, 0.25) is 5.95 Å². The lowest BCUT2D eigenvalue weighted by Crippen LogP contribution is -2.26. The Morgan fingerprint density at radius 1 is 1.21 bits per heavy atom. The summed E-state index contributed by atoms with van der Waals surface area (Å²) in [6.45, 7) is 0. The smallest absolute Gasteiger partial charge is 0.222 e. The fourth-order valence-electron chi connectivity index (χ4n) is 2.47. The molecule has 0 unspecified atom stereocenters. The van der Waals surface area contributed by atoms with Crippen molar-refractivity contribution < 1.29 is 9.53 Å². The minimum atomic E-state index is 0. The van der Waals surface area contributed by atoms with Gasteiger partial charge in [-0.05, 0) is 37.1 Å². The molecule has 0 aliphatic heterocycles. The highest BCUT2D eigenvalue weighted by Crippen LogP contribution is 2.30. The van der Waals surface area contributed by atoms with Gasteiger partial charge < -0.3 is 15.8 Å². The van der Waals surface area contributed by atoms with Gasteiger partial charge in [0, 0.05) is 23.9 Å². The van der Waals surface area contributed by atoms with Crippen LogP contribution in [0.15, 0.2) is 30.5 Å². The van der Waals surface area contributed by atoms with E-state index in [1.54, 1.807) is 24.3 Å². The monoisotopic (exact) mass is 368 g/mol. The fraction of sp³-hybridized carbons (Fsp3) is 0.312. The molecule has 2 aromatic rings. The molecule has 1 aliphatic carbocycles.